The molecule has 1 aliphatic heterocycles. The molecule has 1 N–H and O–H groups in total. The fourth-order valence-electron chi connectivity index (χ4n) is 5.61. The third kappa shape index (κ3) is 6.75. The summed E-state index contributed by atoms with van der Waals surface area (Å²) in [7, 11) is 7.41. The zero-order chi connectivity index (χ0) is 23.8. The molecule has 32 heavy (non-hydrogen) atoms. The van der Waals surface area contributed by atoms with Gasteiger partial charge >= 0.3 is 0 Å². The smallest absolute Gasteiger partial charge is 0.0878 e. The molecule has 2 rings (SSSR count). The van der Waals surface area contributed by atoms with Gasteiger partial charge in [0.25, 0.3) is 0 Å². The Hall–Kier alpha value is -1.01. The first-order valence-corrected chi connectivity index (χ1v) is 12.4. The van der Waals surface area contributed by atoms with E-state index in [0.29, 0.717) is 23.8 Å². The van der Waals surface area contributed by atoms with Crippen LogP contribution in [0.2, 0.25) is 0 Å². The third-order valence-corrected chi connectivity index (χ3v) is 8.30. The summed E-state index contributed by atoms with van der Waals surface area (Å²) >= 11 is 6.96. The Kier molecular flexibility index (Phi) is 11.1. The number of hydrogen-bond acceptors (Lipinski definition) is 5. The van der Waals surface area contributed by atoms with Gasteiger partial charge in [-0.15, -0.1) is 18.2 Å². The lowest BCUT2D eigenvalue weighted by Crippen LogP contribution is -2.55. The molecule has 6 heteroatoms. The molecule has 0 aromatic heterocycles. The van der Waals surface area contributed by atoms with E-state index in [-0.39, 0.29) is 29.7 Å². The van der Waals surface area contributed by atoms with E-state index in [4.69, 9.17) is 25.8 Å². The van der Waals surface area contributed by atoms with E-state index in [0.717, 1.165) is 31.4 Å². The van der Waals surface area contributed by atoms with Crippen molar-refractivity contribution in [1.82, 2.24) is 10.2 Å². The normalized spacial score (nSPS) is 35.3. The first-order chi connectivity index (χ1) is 15.3. The van der Waals surface area contributed by atoms with Crippen LogP contribution in [0, 0.1) is 23.7 Å². The van der Waals surface area contributed by atoms with Gasteiger partial charge < -0.3 is 19.1 Å². The van der Waals surface area contributed by atoms with Crippen LogP contribution in [0.25, 0.3) is 0 Å². The quantitative estimate of drug-likeness (QED) is 0.196. The third-order valence-electron chi connectivity index (χ3n) is 7.85. The van der Waals surface area contributed by atoms with E-state index in [1.165, 1.54) is 6.42 Å². The van der Waals surface area contributed by atoms with Crippen LogP contribution in [-0.4, -0.2) is 63.1 Å². The number of piperidine rings is 1. The monoisotopic (exact) mass is 468 g/mol. The highest BCUT2D eigenvalue weighted by molar-refractivity contribution is 6.20. The molecule has 7 unspecified atom stereocenters. The van der Waals surface area contributed by atoms with Crippen LogP contribution in [-0.2, 0) is 14.2 Å². The maximum atomic E-state index is 6.96. The van der Waals surface area contributed by atoms with Gasteiger partial charge in [-0.25, -0.2) is 0 Å². The predicted molar refractivity (Wildman–Crippen MR) is 134 cm³/mol. The van der Waals surface area contributed by atoms with Gasteiger partial charge in [-0.05, 0) is 62.9 Å². The van der Waals surface area contributed by atoms with Crippen molar-refractivity contribution in [2.45, 2.75) is 75.7 Å². The molecule has 9 atom stereocenters. The average molecular weight is 469 g/mol. The van der Waals surface area contributed by atoms with Crippen molar-refractivity contribution >= 4 is 11.6 Å². The van der Waals surface area contributed by atoms with Gasteiger partial charge in [-0.3, -0.25) is 5.32 Å². The van der Waals surface area contributed by atoms with Gasteiger partial charge in [0, 0.05) is 45.0 Å². The van der Waals surface area contributed by atoms with Crippen molar-refractivity contribution in [3.05, 3.63) is 37.3 Å². The molecule has 2 aliphatic rings. The van der Waals surface area contributed by atoms with Gasteiger partial charge in [0.1, 0.15) is 0 Å². The minimum atomic E-state index is -0.132. The maximum Gasteiger partial charge on any atom is 0.0878 e. The SMILES string of the molecule is C=C[C@@H]1CC(C(CC(C)C2CCC(OC)C(OC)C2)N(C)C(=C)C)C(Cl)N[C@@H]1/C=C/OC. The van der Waals surface area contributed by atoms with Crippen molar-refractivity contribution < 1.29 is 14.2 Å². The number of allylic oxidation sites excluding steroid dienone is 1. The zero-order valence-electron chi connectivity index (χ0n) is 20.9. The molecule has 1 saturated carbocycles. The lowest BCUT2D eigenvalue weighted by atomic mass is 9.72. The first-order valence-electron chi connectivity index (χ1n) is 11.9. The molecular formula is C26H45ClN2O3. The summed E-state index contributed by atoms with van der Waals surface area (Å²) in [6.07, 6.45) is 11.5. The fourth-order valence-corrected chi connectivity index (χ4v) is 6.03. The van der Waals surface area contributed by atoms with E-state index in [1.54, 1.807) is 27.6 Å². The average Bonchev–Trinajstić information content (AvgIpc) is 2.80. The molecule has 5 nitrogen and oxygen atoms in total. The van der Waals surface area contributed by atoms with Crippen LogP contribution in [0.3, 0.4) is 0 Å². The molecule has 184 valence electrons. The van der Waals surface area contributed by atoms with E-state index in [1.807, 2.05) is 12.2 Å². The Morgan fingerprint density at radius 3 is 2.44 bits per heavy atom. The number of hydrogen-bond donors (Lipinski definition) is 1. The number of alkyl halides is 1. The van der Waals surface area contributed by atoms with Crippen LogP contribution in [0.4, 0.5) is 0 Å². The summed E-state index contributed by atoms with van der Waals surface area (Å²) in [4.78, 5) is 2.33. The Balaban J connectivity index is 2.17. The summed E-state index contributed by atoms with van der Waals surface area (Å²) in [6, 6.07) is 0.430. The first kappa shape index (κ1) is 27.2. The summed E-state index contributed by atoms with van der Waals surface area (Å²) < 4.78 is 16.5. The standard InChI is InChI=1S/C26H45ClN2O3/c1-9-19-15-21(26(27)28-22(19)12-13-30-6)23(29(5)17(2)3)14-18(4)20-10-11-24(31-7)25(16-20)32-8/h9,12-13,18-26,28H,1-2,10-11,14-16H2,3-8H3/b13-12+/t18?,19-,20?,21?,22-,23?,24?,25?,26?/m1/s1. The lowest BCUT2D eigenvalue weighted by Gasteiger charge is -2.47. The van der Waals surface area contributed by atoms with Gasteiger partial charge in [-0.1, -0.05) is 19.6 Å². The van der Waals surface area contributed by atoms with E-state index < -0.39 is 0 Å². The van der Waals surface area contributed by atoms with Crippen molar-refractivity contribution in [3.8, 4) is 0 Å². The van der Waals surface area contributed by atoms with Crippen molar-refractivity contribution in [2.75, 3.05) is 28.4 Å². The number of ether oxygens (including phenoxy) is 3. The zero-order valence-corrected chi connectivity index (χ0v) is 21.7. The molecule has 0 radical (unpaired) electrons. The van der Waals surface area contributed by atoms with Crippen LogP contribution >= 0.6 is 11.6 Å². The lowest BCUT2D eigenvalue weighted by molar-refractivity contribution is -0.0775. The molecule has 0 aromatic rings. The van der Waals surface area contributed by atoms with Crippen molar-refractivity contribution in [2.24, 2.45) is 23.7 Å². The van der Waals surface area contributed by atoms with Gasteiger partial charge in [0.2, 0.25) is 0 Å². The molecule has 1 saturated heterocycles. The molecular weight excluding hydrogens is 424 g/mol. The highest BCUT2D eigenvalue weighted by Gasteiger charge is 2.41. The van der Waals surface area contributed by atoms with Crippen LogP contribution in [0.5, 0.6) is 0 Å². The summed E-state index contributed by atoms with van der Waals surface area (Å²) in [5.74, 6) is 1.75. The van der Waals surface area contributed by atoms with Crippen LogP contribution in [0.15, 0.2) is 37.3 Å². The molecule has 2 fully saturated rings. The summed E-state index contributed by atoms with van der Waals surface area (Å²) in [6.45, 7) is 12.8. The van der Waals surface area contributed by atoms with Crippen molar-refractivity contribution in [3.63, 3.8) is 0 Å². The number of nitrogens with zero attached hydrogens (tertiary/aromatic N) is 1. The molecule has 0 spiro atoms. The number of halogens is 1. The molecule has 0 amide bonds. The van der Waals surface area contributed by atoms with Crippen LogP contribution < -0.4 is 5.32 Å². The molecule has 1 aliphatic carbocycles. The number of nitrogens with one attached hydrogen (secondary N) is 1. The summed E-state index contributed by atoms with van der Waals surface area (Å²) in [5.41, 5.74) is 0.938. The topological polar surface area (TPSA) is 43.0 Å². The Morgan fingerprint density at radius 2 is 1.88 bits per heavy atom. The molecule has 0 bridgehead atoms. The van der Waals surface area contributed by atoms with Gasteiger partial charge in [-0.2, -0.15) is 0 Å². The second-order valence-electron chi connectivity index (χ2n) is 9.71. The second kappa shape index (κ2) is 13.0. The minimum absolute atomic E-state index is 0.131. The van der Waals surface area contributed by atoms with E-state index in [9.17, 15) is 0 Å². The molecule has 0 aromatic carbocycles. The molecule has 1 heterocycles. The number of methoxy groups -OCH3 is 3. The Morgan fingerprint density at radius 1 is 1.19 bits per heavy atom. The van der Waals surface area contributed by atoms with Crippen molar-refractivity contribution in [1.29, 1.82) is 0 Å². The highest BCUT2D eigenvalue weighted by atomic mass is 35.5. The van der Waals surface area contributed by atoms with Crippen LogP contribution in [0.1, 0.15) is 46.0 Å². The maximum absolute atomic E-state index is 6.96. The van der Waals surface area contributed by atoms with Gasteiger partial charge in [0.15, 0.2) is 0 Å². The Labute approximate surface area is 201 Å². The highest BCUT2D eigenvalue weighted by Crippen LogP contribution is 2.40. The fraction of sp³-hybridized carbons (Fsp3) is 0.769. The number of rotatable bonds is 11. The Bertz CT molecular complexity index is 628. The predicted octanol–water partition coefficient (Wildman–Crippen LogP) is 5.18. The largest absolute Gasteiger partial charge is 0.505 e. The summed E-state index contributed by atoms with van der Waals surface area (Å²) in [5, 5.41) is 3.59. The second-order valence-corrected chi connectivity index (χ2v) is 10.2. The minimum Gasteiger partial charge on any atom is -0.505 e. The van der Waals surface area contributed by atoms with Gasteiger partial charge in [0.05, 0.1) is 31.1 Å². The van der Waals surface area contributed by atoms with E-state index >= 15 is 0 Å². The van der Waals surface area contributed by atoms with E-state index in [2.05, 4.69) is 44.3 Å².